The van der Waals surface area contributed by atoms with Crippen LogP contribution in [-0.2, 0) is 10.0 Å². The second-order valence-corrected chi connectivity index (χ2v) is 10.3. The number of hydrogen-bond donors (Lipinski definition) is 2. The number of carbonyl (C=O) groups excluding carboxylic acids is 1. The normalized spacial score (nSPS) is 11.5. The summed E-state index contributed by atoms with van der Waals surface area (Å²) in [5.41, 5.74) is 1.13. The van der Waals surface area contributed by atoms with Crippen LogP contribution in [0.1, 0.15) is 40.7 Å². The van der Waals surface area contributed by atoms with Crippen LogP contribution in [0, 0.1) is 6.92 Å². The number of sulfonamides is 1. The van der Waals surface area contributed by atoms with Crippen molar-refractivity contribution >= 4 is 61.3 Å². The van der Waals surface area contributed by atoms with Gasteiger partial charge in [-0.05, 0) is 42.8 Å². The predicted octanol–water partition coefficient (Wildman–Crippen LogP) is 5.33. The fourth-order valence-electron chi connectivity index (χ4n) is 2.40. The zero-order valence-electron chi connectivity index (χ0n) is 16.2. The zero-order chi connectivity index (χ0) is 22.1. The Kier molecular flexibility index (Phi) is 6.66. The Hall–Kier alpha value is -2.20. The maximum atomic E-state index is 12.8. The van der Waals surface area contributed by atoms with Crippen molar-refractivity contribution in [1.82, 2.24) is 10.2 Å². The van der Waals surface area contributed by atoms with E-state index in [9.17, 15) is 13.2 Å². The van der Waals surface area contributed by atoms with Gasteiger partial charge in [0, 0.05) is 10.9 Å². The molecule has 0 saturated carbocycles. The van der Waals surface area contributed by atoms with Crippen molar-refractivity contribution in [2.45, 2.75) is 31.6 Å². The van der Waals surface area contributed by atoms with Crippen LogP contribution in [0.3, 0.4) is 0 Å². The SMILES string of the molecule is Cc1ccc(NS(=O)(=O)c2ccc(Cl)c(C(=O)Nc3nnc(C(C)C)s3)c2)cc1Cl. The predicted molar refractivity (Wildman–Crippen MR) is 120 cm³/mol. The molecule has 0 aliphatic carbocycles. The summed E-state index contributed by atoms with van der Waals surface area (Å²) < 4.78 is 28.0. The number of aromatic nitrogens is 2. The second-order valence-electron chi connectivity index (χ2n) is 6.77. The highest BCUT2D eigenvalue weighted by Gasteiger charge is 2.20. The first-order chi connectivity index (χ1) is 14.1. The van der Waals surface area contributed by atoms with Gasteiger partial charge in [-0.2, -0.15) is 0 Å². The van der Waals surface area contributed by atoms with Crippen LogP contribution in [0.15, 0.2) is 41.3 Å². The number of halogens is 2. The molecule has 1 amide bonds. The Labute approximate surface area is 188 Å². The number of hydrogen-bond acceptors (Lipinski definition) is 6. The molecule has 0 unspecified atom stereocenters. The molecule has 0 fully saturated rings. The highest BCUT2D eigenvalue weighted by atomic mass is 35.5. The van der Waals surface area contributed by atoms with Crippen molar-refractivity contribution in [3.63, 3.8) is 0 Å². The molecule has 0 bridgehead atoms. The highest BCUT2D eigenvalue weighted by molar-refractivity contribution is 7.92. The summed E-state index contributed by atoms with van der Waals surface area (Å²) in [4.78, 5) is 12.5. The number of benzene rings is 2. The van der Waals surface area contributed by atoms with Gasteiger partial charge in [-0.25, -0.2) is 8.42 Å². The van der Waals surface area contributed by atoms with Crippen LogP contribution in [-0.4, -0.2) is 24.5 Å². The molecular formula is C19H18Cl2N4O3S2. The van der Waals surface area contributed by atoms with Gasteiger partial charge >= 0.3 is 0 Å². The molecule has 7 nitrogen and oxygen atoms in total. The summed E-state index contributed by atoms with van der Waals surface area (Å²) in [6.07, 6.45) is 0. The van der Waals surface area contributed by atoms with Gasteiger partial charge in [0.15, 0.2) is 0 Å². The fourth-order valence-corrected chi connectivity index (χ4v) is 4.60. The van der Waals surface area contributed by atoms with Crippen LogP contribution in [0.25, 0.3) is 0 Å². The molecule has 3 aromatic rings. The zero-order valence-corrected chi connectivity index (χ0v) is 19.4. The van der Waals surface area contributed by atoms with E-state index in [2.05, 4.69) is 20.2 Å². The van der Waals surface area contributed by atoms with Gasteiger partial charge in [0.1, 0.15) is 5.01 Å². The lowest BCUT2D eigenvalue weighted by Crippen LogP contribution is -2.16. The Balaban J connectivity index is 1.85. The summed E-state index contributed by atoms with van der Waals surface area (Å²) >= 11 is 13.4. The standard InChI is InChI=1S/C19H18Cl2N4O3S2/c1-10(2)18-23-24-19(29-18)22-17(26)14-9-13(6-7-15(14)20)30(27,28)25-12-5-4-11(3)16(21)8-12/h4-10,25H,1-3H3,(H,22,24,26). The van der Waals surface area contributed by atoms with E-state index in [0.717, 1.165) is 10.6 Å². The minimum absolute atomic E-state index is 0.00257. The van der Waals surface area contributed by atoms with E-state index in [1.54, 1.807) is 12.1 Å². The summed E-state index contributed by atoms with van der Waals surface area (Å²) in [6, 6.07) is 8.70. The summed E-state index contributed by atoms with van der Waals surface area (Å²) in [6.45, 7) is 5.74. The van der Waals surface area contributed by atoms with Gasteiger partial charge in [-0.1, -0.05) is 54.5 Å². The van der Waals surface area contributed by atoms with Crippen LogP contribution >= 0.6 is 34.5 Å². The number of carbonyl (C=O) groups is 1. The average molecular weight is 485 g/mol. The molecule has 1 aromatic heterocycles. The van der Waals surface area contributed by atoms with Crippen LogP contribution in [0.5, 0.6) is 0 Å². The molecule has 2 N–H and O–H groups in total. The molecule has 0 radical (unpaired) electrons. The molecule has 0 atom stereocenters. The third-order valence-electron chi connectivity index (χ3n) is 4.07. The molecule has 1 heterocycles. The minimum atomic E-state index is -3.97. The Morgan fingerprint density at radius 2 is 1.80 bits per heavy atom. The van der Waals surface area contributed by atoms with Crippen LogP contribution in [0.2, 0.25) is 10.0 Å². The first-order valence-electron chi connectivity index (χ1n) is 8.80. The maximum absolute atomic E-state index is 12.8. The lowest BCUT2D eigenvalue weighted by Gasteiger charge is -2.11. The van der Waals surface area contributed by atoms with Gasteiger partial charge in [-0.15, -0.1) is 10.2 Å². The van der Waals surface area contributed by atoms with Gasteiger partial charge in [0.05, 0.1) is 21.2 Å². The van der Waals surface area contributed by atoms with Crippen LogP contribution in [0.4, 0.5) is 10.8 Å². The molecule has 2 aromatic carbocycles. The minimum Gasteiger partial charge on any atom is -0.296 e. The van der Waals surface area contributed by atoms with Gasteiger partial charge in [-0.3, -0.25) is 14.8 Å². The molecule has 158 valence electrons. The van der Waals surface area contributed by atoms with Crippen molar-refractivity contribution in [1.29, 1.82) is 0 Å². The molecule has 11 heteroatoms. The summed E-state index contributed by atoms with van der Waals surface area (Å²) in [5, 5.41) is 12.2. The number of nitrogens with one attached hydrogen (secondary N) is 2. The van der Waals surface area contributed by atoms with Crippen molar-refractivity contribution in [3.05, 3.63) is 62.6 Å². The Morgan fingerprint density at radius 3 is 2.43 bits per heavy atom. The Morgan fingerprint density at radius 1 is 1.07 bits per heavy atom. The van der Waals surface area contributed by atoms with Crippen molar-refractivity contribution < 1.29 is 13.2 Å². The third kappa shape index (κ3) is 5.10. The van der Waals surface area contributed by atoms with E-state index in [-0.39, 0.29) is 21.4 Å². The molecule has 0 aliphatic rings. The first-order valence-corrected chi connectivity index (χ1v) is 11.9. The molecule has 3 rings (SSSR count). The van der Waals surface area contributed by atoms with E-state index in [1.165, 1.54) is 35.6 Å². The molecule has 0 aliphatic heterocycles. The van der Waals surface area contributed by atoms with Gasteiger partial charge in [0.25, 0.3) is 15.9 Å². The summed E-state index contributed by atoms with van der Waals surface area (Å²) in [7, 11) is -3.97. The number of amides is 1. The van der Waals surface area contributed by atoms with Crippen molar-refractivity contribution in [2.75, 3.05) is 10.0 Å². The second kappa shape index (κ2) is 8.89. The van der Waals surface area contributed by atoms with E-state index in [1.807, 2.05) is 20.8 Å². The quantitative estimate of drug-likeness (QED) is 0.492. The van der Waals surface area contributed by atoms with E-state index in [0.29, 0.717) is 15.8 Å². The summed E-state index contributed by atoms with van der Waals surface area (Å²) in [5.74, 6) is -0.409. The van der Waals surface area contributed by atoms with Crippen molar-refractivity contribution in [3.8, 4) is 0 Å². The van der Waals surface area contributed by atoms with E-state index < -0.39 is 15.9 Å². The first kappa shape index (κ1) is 22.5. The maximum Gasteiger partial charge on any atom is 0.261 e. The highest BCUT2D eigenvalue weighted by Crippen LogP contribution is 2.27. The molecule has 0 saturated heterocycles. The largest absolute Gasteiger partial charge is 0.296 e. The lowest BCUT2D eigenvalue weighted by molar-refractivity contribution is 0.102. The van der Waals surface area contributed by atoms with Gasteiger partial charge < -0.3 is 0 Å². The topological polar surface area (TPSA) is 101 Å². The molecular weight excluding hydrogens is 467 g/mol. The third-order valence-corrected chi connectivity index (χ3v) is 7.33. The van der Waals surface area contributed by atoms with E-state index >= 15 is 0 Å². The smallest absolute Gasteiger partial charge is 0.261 e. The molecule has 0 spiro atoms. The fraction of sp³-hybridized carbons (Fsp3) is 0.211. The average Bonchev–Trinajstić information content (AvgIpc) is 3.13. The number of nitrogens with zero attached hydrogens (tertiary/aromatic N) is 2. The van der Waals surface area contributed by atoms with Gasteiger partial charge in [0.2, 0.25) is 5.13 Å². The number of aryl methyl sites for hydroxylation is 1. The number of rotatable bonds is 6. The monoisotopic (exact) mass is 484 g/mol. The van der Waals surface area contributed by atoms with Crippen LogP contribution < -0.4 is 10.0 Å². The van der Waals surface area contributed by atoms with Crippen molar-refractivity contribution in [2.24, 2.45) is 0 Å². The molecule has 30 heavy (non-hydrogen) atoms. The number of anilines is 2. The Bertz CT molecular complexity index is 1210. The lowest BCUT2D eigenvalue weighted by atomic mass is 10.2. The van der Waals surface area contributed by atoms with E-state index in [4.69, 9.17) is 23.2 Å².